The Labute approximate surface area is 142 Å². The van der Waals surface area contributed by atoms with E-state index in [0.717, 1.165) is 57.9 Å². The maximum atomic E-state index is 12.8. The molecule has 1 aromatic rings. The molecule has 1 atom stereocenters. The summed E-state index contributed by atoms with van der Waals surface area (Å²) in [5, 5.41) is 0. The molecule has 3 aliphatic rings. The van der Waals surface area contributed by atoms with Crippen molar-refractivity contribution in [1.82, 2.24) is 19.8 Å². The Morgan fingerprint density at radius 1 is 1.04 bits per heavy atom. The summed E-state index contributed by atoms with van der Waals surface area (Å²) < 4.78 is 5.88. The summed E-state index contributed by atoms with van der Waals surface area (Å²) in [7, 11) is 0. The molecule has 2 amide bonds. The first-order valence-electron chi connectivity index (χ1n) is 8.89. The fourth-order valence-corrected chi connectivity index (χ4v) is 4.07. The number of amides is 2. The lowest BCUT2D eigenvalue weighted by molar-refractivity contribution is 0.0800. The highest BCUT2D eigenvalue weighted by Gasteiger charge is 2.43. The van der Waals surface area contributed by atoms with Gasteiger partial charge in [-0.05, 0) is 25.3 Å². The third-order valence-electron chi connectivity index (χ3n) is 5.36. The van der Waals surface area contributed by atoms with Crippen LogP contribution in [0.25, 0.3) is 0 Å². The minimum absolute atomic E-state index is 0.00884. The molecule has 7 nitrogen and oxygen atoms in total. The van der Waals surface area contributed by atoms with Crippen LogP contribution in [0.5, 0.6) is 0 Å². The Kier molecular flexibility index (Phi) is 4.26. The number of hydrogen-bond acceptors (Lipinski definition) is 5. The largest absolute Gasteiger partial charge is 0.379 e. The van der Waals surface area contributed by atoms with Gasteiger partial charge in [-0.1, -0.05) is 0 Å². The average Bonchev–Trinajstić information content (AvgIpc) is 3.24. The van der Waals surface area contributed by atoms with Crippen molar-refractivity contribution in [3.63, 3.8) is 0 Å². The fourth-order valence-electron chi connectivity index (χ4n) is 4.07. The summed E-state index contributed by atoms with van der Waals surface area (Å²) in [4.78, 5) is 27.7. The van der Waals surface area contributed by atoms with Crippen molar-refractivity contribution in [2.24, 2.45) is 5.41 Å². The van der Waals surface area contributed by atoms with E-state index in [2.05, 4.69) is 14.9 Å². The van der Waals surface area contributed by atoms with Gasteiger partial charge in [0.25, 0.3) is 0 Å². The minimum atomic E-state index is -0.00884. The van der Waals surface area contributed by atoms with Crippen LogP contribution >= 0.6 is 0 Å². The molecule has 1 spiro atoms. The number of anilines is 1. The van der Waals surface area contributed by atoms with Crippen LogP contribution < -0.4 is 4.90 Å². The monoisotopic (exact) mass is 331 g/mol. The highest BCUT2D eigenvalue weighted by molar-refractivity contribution is 5.74. The summed E-state index contributed by atoms with van der Waals surface area (Å²) in [5.74, 6) is 0.774. The number of aromatic nitrogens is 2. The number of ether oxygens (including phenoxy) is 1. The molecule has 3 saturated heterocycles. The number of urea groups is 1. The zero-order chi connectivity index (χ0) is 16.4. The van der Waals surface area contributed by atoms with Crippen LogP contribution in [0.15, 0.2) is 18.5 Å². The van der Waals surface area contributed by atoms with E-state index < -0.39 is 0 Å². The lowest BCUT2D eigenvalue weighted by Crippen LogP contribution is -2.48. The van der Waals surface area contributed by atoms with Crippen molar-refractivity contribution in [1.29, 1.82) is 0 Å². The summed E-state index contributed by atoms with van der Waals surface area (Å²) in [5.41, 5.74) is -0.00884. The molecule has 0 aliphatic carbocycles. The maximum Gasteiger partial charge on any atom is 0.320 e. The van der Waals surface area contributed by atoms with Crippen molar-refractivity contribution < 1.29 is 9.53 Å². The van der Waals surface area contributed by atoms with Crippen molar-refractivity contribution in [2.45, 2.75) is 19.3 Å². The van der Waals surface area contributed by atoms with Gasteiger partial charge in [-0.3, -0.25) is 0 Å². The summed E-state index contributed by atoms with van der Waals surface area (Å²) in [6.45, 7) is 6.36. The number of hydrogen-bond donors (Lipinski definition) is 0. The second-order valence-electron chi connectivity index (χ2n) is 7.17. The van der Waals surface area contributed by atoms with Crippen LogP contribution in [0.3, 0.4) is 0 Å². The van der Waals surface area contributed by atoms with Crippen molar-refractivity contribution in [2.75, 3.05) is 57.4 Å². The molecule has 7 heteroatoms. The van der Waals surface area contributed by atoms with Gasteiger partial charge in [0.2, 0.25) is 5.95 Å². The predicted octanol–water partition coefficient (Wildman–Crippen LogP) is 1.22. The quantitative estimate of drug-likeness (QED) is 0.774. The zero-order valence-corrected chi connectivity index (χ0v) is 14.1. The zero-order valence-electron chi connectivity index (χ0n) is 14.1. The Balaban J connectivity index is 1.47. The molecule has 4 rings (SSSR count). The first kappa shape index (κ1) is 15.6. The molecular formula is C17H25N5O2. The molecule has 0 N–H and O–H groups in total. The predicted molar refractivity (Wildman–Crippen MR) is 89.9 cm³/mol. The van der Waals surface area contributed by atoms with E-state index in [4.69, 9.17) is 4.74 Å². The molecule has 0 saturated carbocycles. The van der Waals surface area contributed by atoms with Crippen LogP contribution in [-0.4, -0.2) is 78.3 Å². The Morgan fingerprint density at radius 3 is 2.62 bits per heavy atom. The number of carbonyl (C=O) groups is 1. The third-order valence-corrected chi connectivity index (χ3v) is 5.36. The van der Waals surface area contributed by atoms with E-state index in [0.29, 0.717) is 19.8 Å². The molecule has 1 aromatic heterocycles. The van der Waals surface area contributed by atoms with Gasteiger partial charge < -0.3 is 19.4 Å². The average molecular weight is 331 g/mol. The lowest BCUT2D eigenvalue weighted by atomic mass is 9.87. The first-order chi connectivity index (χ1) is 11.8. The second kappa shape index (κ2) is 6.55. The topological polar surface area (TPSA) is 61.8 Å². The maximum absolute atomic E-state index is 12.8. The molecule has 3 aliphatic heterocycles. The van der Waals surface area contributed by atoms with Gasteiger partial charge in [-0.15, -0.1) is 0 Å². The molecule has 3 fully saturated rings. The normalized spacial score (nSPS) is 27.8. The van der Waals surface area contributed by atoms with Crippen LogP contribution in [0.2, 0.25) is 0 Å². The third kappa shape index (κ3) is 3.05. The summed E-state index contributed by atoms with van der Waals surface area (Å²) in [6.07, 6.45) is 6.82. The molecule has 4 heterocycles. The lowest BCUT2D eigenvalue weighted by Gasteiger charge is -2.33. The Morgan fingerprint density at radius 2 is 1.83 bits per heavy atom. The molecule has 1 unspecified atom stereocenters. The molecule has 0 bridgehead atoms. The van der Waals surface area contributed by atoms with E-state index in [1.54, 1.807) is 12.4 Å². The van der Waals surface area contributed by atoms with Gasteiger partial charge in [0, 0.05) is 57.1 Å². The van der Waals surface area contributed by atoms with E-state index >= 15 is 0 Å². The summed E-state index contributed by atoms with van der Waals surface area (Å²) >= 11 is 0. The molecule has 0 aromatic carbocycles. The molecule has 0 radical (unpaired) electrons. The van der Waals surface area contributed by atoms with E-state index in [9.17, 15) is 4.79 Å². The molecule has 24 heavy (non-hydrogen) atoms. The van der Waals surface area contributed by atoms with Crippen molar-refractivity contribution >= 4 is 12.0 Å². The van der Waals surface area contributed by atoms with Gasteiger partial charge in [0.05, 0.1) is 13.2 Å². The van der Waals surface area contributed by atoms with E-state index in [1.165, 1.54) is 0 Å². The molecular weight excluding hydrogens is 306 g/mol. The SMILES string of the molecule is O=C(N1CCCC1)N1CCOCC2(CCN(c3ncccn3)C2)C1. The minimum Gasteiger partial charge on any atom is -0.379 e. The Hall–Kier alpha value is -1.89. The van der Waals surface area contributed by atoms with E-state index in [1.807, 2.05) is 15.9 Å². The first-order valence-corrected chi connectivity index (χ1v) is 8.89. The van der Waals surface area contributed by atoms with Crippen molar-refractivity contribution in [3.8, 4) is 0 Å². The van der Waals surface area contributed by atoms with Gasteiger partial charge in [0.1, 0.15) is 0 Å². The van der Waals surface area contributed by atoms with Crippen molar-refractivity contribution in [3.05, 3.63) is 18.5 Å². The number of likely N-dealkylation sites (tertiary alicyclic amines) is 1. The van der Waals surface area contributed by atoms with E-state index in [-0.39, 0.29) is 11.4 Å². The number of rotatable bonds is 1. The molecule has 130 valence electrons. The highest BCUT2D eigenvalue weighted by Crippen LogP contribution is 2.35. The van der Waals surface area contributed by atoms with Crippen LogP contribution in [0.4, 0.5) is 10.7 Å². The summed E-state index contributed by atoms with van der Waals surface area (Å²) in [6, 6.07) is 2.02. The second-order valence-corrected chi connectivity index (χ2v) is 7.17. The van der Waals surface area contributed by atoms with Gasteiger partial charge in [-0.25, -0.2) is 14.8 Å². The Bertz CT molecular complexity index is 578. The van der Waals surface area contributed by atoms with Crippen LogP contribution in [0, 0.1) is 5.41 Å². The van der Waals surface area contributed by atoms with Gasteiger partial charge >= 0.3 is 6.03 Å². The van der Waals surface area contributed by atoms with Crippen LogP contribution in [0.1, 0.15) is 19.3 Å². The van der Waals surface area contributed by atoms with Gasteiger partial charge in [0.15, 0.2) is 0 Å². The standard InChI is InChI=1S/C17H25N5O2/c23-16(20-7-1-2-8-20)22-10-11-24-14-17(13-22)4-9-21(12-17)15-18-5-3-6-19-15/h3,5-6H,1-2,4,7-14H2. The highest BCUT2D eigenvalue weighted by atomic mass is 16.5. The van der Waals surface area contributed by atoms with Gasteiger partial charge in [-0.2, -0.15) is 0 Å². The fraction of sp³-hybridized carbons (Fsp3) is 0.706. The number of nitrogens with zero attached hydrogens (tertiary/aromatic N) is 5. The number of carbonyl (C=O) groups excluding carboxylic acids is 1. The smallest absolute Gasteiger partial charge is 0.320 e. The van der Waals surface area contributed by atoms with Crippen LogP contribution in [-0.2, 0) is 4.74 Å².